The highest BCUT2D eigenvalue weighted by Gasteiger charge is 2.07. The van der Waals surface area contributed by atoms with Crippen molar-refractivity contribution in [2.75, 3.05) is 24.4 Å². The van der Waals surface area contributed by atoms with Gasteiger partial charge in [0.05, 0.1) is 27.8 Å². The molecule has 0 fully saturated rings. The summed E-state index contributed by atoms with van der Waals surface area (Å²) in [6.45, 7) is 1.90. The summed E-state index contributed by atoms with van der Waals surface area (Å²) in [6.07, 6.45) is 0. The fraction of sp³-hybridized carbons (Fsp3) is 0.167. The normalized spacial score (nSPS) is 10.1. The smallest absolute Gasteiger partial charge is 0.237 e. The summed E-state index contributed by atoms with van der Waals surface area (Å²) in [7, 11) is 3.95. The molecule has 0 aliphatic carbocycles. The van der Waals surface area contributed by atoms with Gasteiger partial charge in [0, 0.05) is 19.8 Å². The first-order valence-electron chi connectivity index (χ1n) is 7.55. The molecule has 0 bridgehead atoms. The Balaban J connectivity index is 2.11. The number of aryl methyl sites for hydroxylation is 1. The van der Waals surface area contributed by atoms with Crippen molar-refractivity contribution in [1.29, 1.82) is 10.5 Å². The van der Waals surface area contributed by atoms with E-state index in [1.165, 1.54) is 0 Å². The minimum atomic E-state index is -0.236. The first kappa shape index (κ1) is 16.2. The van der Waals surface area contributed by atoms with E-state index < -0.39 is 0 Å². The molecule has 0 radical (unpaired) electrons. The predicted octanol–water partition coefficient (Wildman–Crippen LogP) is 2.97. The molecule has 0 aliphatic rings. The molecule has 122 valence electrons. The largest absolute Gasteiger partial charge is 0.378 e. The molecular formula is C18H15N7. The third-order valence-electron chi connectivity index (χ3n) is 3.78. The molecule has 1 heterocycles. The second-order valence-corrected chi connectivity index (χ2v) is 5.74. The number of aromatic nitrogens is 2. The SMILES string of the molecule is Cc1cc2nc3ccc(N(C)C)cc3nc2cc1NN=C(C#N)C#N. The Hall–Kier alpha value is -3.71. The number of rotatable bonds is 3. The number of anilines is 2. The van der Waals surface area contributed by atoms with Crippen molar-refractivity contribution in [2.24, 2.45) is 5.10 Å². The van der Waals surface area contributed by atoms with Crippen LogP contribution in [-0.4, -0.2) is 29.8 Å². The summed E-state index contributed by atoms with van der Waals surface area (Å²) in [5, 5.41) is 21.3. The molecule has 0 amide bonds. The second kappa shape index (κ2) is 6.42. The average Bonchev–Trinajstić information content (AvgIpc) is 2.60. The lowest BCUT2D eigenvalue weighted by Crippen LogP contribution is -2.08. The minimum Gasteiger partial charge on any atom is -0.378 e. The van der Waals surface area contributed by atoms with E-state index in [1.807, 2.05) is 56.3 Å². The van der Waals surface area contributed by atoms with Gasteiger partial charge in [-0.1, -0.05) is 0 Å². The summed E-state index contributed by atoms with van der Waals surface area (Å²) in [6, 6.07) is 13.1. The fourth-order valence-electron chi connectivity index (χ4n) is 2.41. The number of hydrogen-bond acceptors (Lipinski definition) is 7. The van der Waals surface area contributed by atoms with Crippen LogP contribution in [0.3, 0.4) is 0 Å². The Bertz CT molecular complexity index is 1070. The van der Waals surface area contributed by atoms with Crippen LogP contribution in [0, 0.1) is 29.6 Å². The van der Waals surface area contributed by atoms with Crippen LogP contribution in [0.4, 0.5) is 11.4 Å². The van der Waals surface area contributed by atoms with Crippen LogP contribution in [0.1, 0.15) is 5.56 Å². The van der Waals surface area contributed by atoms with Crippen LogP contribution in [0.15, 0.2) is 35.4 Å². The van der Waals surface area contributed by atoms with Crippen LogP contribution in [0.2, 0.25) is 0 Å². The number of nitriles is 2. The number of benzene rings is 2. The predicted molar refractivity (Wildman–Crippen MR) is 98.4 cm³/mol. The maximum Gasteiger partial charge on any atom is 0.237 e. The zero-order chi connectivity index (χ0) is 18.0. The van der Waals surface area contributed by atoms with Crippen LogP contribution in [0.5, 0.6) is 0 Å². The van der Waals surface area contributed by atoms with Gasteiger partial charge in [-0.3, -0.25) is 5.43 Å². The summed E-state index contributed by atoms with van der Waals surface area (Å²) >= 11 is 0. The van der Waals surface area contributed by atoms with Crippen LogP contribution >= 0.6 is 0 Å². The maximum atomic E-state index is 8.76. The Morgan fingerprint density at radius 3 is 2.32 bits per heavy atom. The first-order valence-corrected chi connectivity index (χ1v) is 7.55. The van der Waals surface area contributed by atoms with E-state index in [0.717, 1.165) is 27.8 Å². The molecule has 7 heteroatoms. The van der Waals surface area contributed by atoms with E-state index in [2.05, 4.69) is 20.5 Å². The summed E-state index contributed by atoms with van der Waals surface area (Å²) in [4.78, 5) is 11.3. The molecule has 3 rings (SSSR count). The number of fused-ring (bicyclic) bond motifs is 2. The second-order valence-electron chi connectivity index (χ2n) is 5.74. The quantitative estimate of drug-likeness (QED) is 0.450. The molecule has 0 spiro atoms. The van der Waals surface area contributed by atoms with E-state index in [0.29, 0.717) is 11.2 Å². The standard InChI is InChI=1S/C18H15N7/c1-11-6-16-18(8-15(11)24-23-12(9-19)10-20)22-17-7-13(25(2)3)4-5-14(17)21-16/h4-8,24H,1-3H3. The van der Waals surface area contributed by atoms with Gasteiger partial charge < -0.3 is 4.90 Å². The Kier molecular flexibility index (Phi) is 4.15. The highest BCUT2D eigenvalue weighted by atomic mass is 15.3. The van der Waals surface area contributed by atoms with E-state index in [1.54, 1.807) is 12.1 Å². The fourth-order valence-corrected chi connectivity index (χ4v) is 2.41. The van der Waals surface area contributed by atoms with E-state index in [9.17, 15) is 0 Å². The number of nitrogens with one attached hydrogen (secondary N) is 1. The van der Waals surface area contributed by atoms with Gasteiger partial charge in [-0.15, -0.1) is 0 Å². The van der Waals surface area contributed by atoms with Gasteiger partial charge in [-0.2, -0.15) is 15.6 Å². The molecule has 25 heavy (non-hydrogen) atoms. The Labute approximate surface area is 144 Å². The molecular weight excluding hydrogens is 314 g/mol. The lowest BCUT2D eigenvalue weighted by Gasteiger charge is -2.13. The van der Waals surface area contributed by atoms with Crippen molar-refractivity contribution in [3.8, 4) is 12.1 Å². The van der Waals surface area contributed by atoms with Gasteiger partial charge in [0.2, 0.25) is 5.71 Å². The van der Waals surface area contributed by atoms with Gasteiger partial charge in [0.25, 0.3) is 0 Å². The van der Waals surface area contributed by atoms with Gasteiger partial charge >= 0.3 is 0 Å². The van der Waals surface area contributed by atoms with Crippen molar-refractivity contribution < 1.29 is 0 Å². The van der Waals surface area contributed by atoms with Crippen LogP contribution in [0.25, 0.3) is 22.1 Å². The van der Waals surface area contributed by atoms with Crippen molar-refractivity contribution in [3.63, 3.8) is 0 Å². The minimum absolute atomic E-state index is 0.236. The number of nitrogens with zero attached hydrogens (tertiary/aromatic N) is 6. The molecule has 0 atom stereocenters. The van der Waals surface area contributed by atoms with Crippen LogP contribution < -0.4 is 10.3 Å². The molecule has 1 N–H and O–H groups in total. The third kappa shape index (κ3) is 3.17. The molecule has 3 aromatic rings. The van der Waals surface area contributed by atoms with E-state index in [4.69, 9.17) is 10.5 Å². The Morgan fingerprint density at radius 1 is 1.00 bits per heavy atom. The van der Waals surface area contributed by atoms with Gasteiger partial charge in [-0.25, -0.2) is 9.97 Å². The van der Waals surface area contributed by atoms with E-state index in [-0.39, 0.29) is 5.71 Å². The van der Waals surface area contributed by atoms with Gasteiger partial charge in [0.1, 0.15) is 12.1 Å². The summed E-state index contributed by atoms with van der Waals surface area (Å²) in [5.41, 5.74) is 8.24. The molecule has 0 aliphatic heterocycles. The topological polar surface area (TPSA) is 101 Å². The monoisotopic (exact) mass is 329 g/mol. The number of hydrogen-bond donors (Lipinski definition) is 1. The summed E-state index contributed by atoms with van der Waals surface area (Å²) in [5.74, 6) is 0. The lowest BCUT2D eigenvalue weighted by molar-refractivity contribution is 1.13. The molecule has 0 saturated carbocycles. The average molecular weight is 329 g/mol. The lowest BCUT2D eigenvalue weighted by atomic mass is 10.1. The molecule has 0 saturated heterocycles. The highest BCUT2D eigenvalue weighted by molar-refractivity contribution is 6.10. The molecule has 0 unspecified atom stereocenters. The van der Waals surface area contributed by atoms with Crippen molar-refractivity contribution >= 4 is 39.2 Å². The van der Waals surface area contributed by atoms with Gasteiger partial charge in [-0.05, 0) is 42.8 Å². The number of hydrazone groups is 1. The first-order chi connectivity index (χ1) is 12.0. The van der Waals surface area contributed by atoms with Crippen molar-refractivity contribution in [3.05, 3.63) is 35.9 Å². The van der Waals surface area contributed by atoms with Gasteiger partial charge in [0.15, 0.2) is 0 Å². The van der Waals surface area contributed by atoms with E-state index >= 15 is 0 Å². The molecule has 2 aromatic carbocycles. The van der Waals surface area contributed by atoms with Crippen LogP contribution in [-0.2, 0) is 0 Å². The molecule has 7 nitrogen and oxygen atoms in total. The highest BCUT2D eigenvalue weighted by Crippen LogP contribution is 2.25. The zero-order valence-electron chi connectivity index (χ0n) is 14.1. The van der Waals surface area contributed by atoms with Crippen molar-refractivity contribution in [2.45, 2.75) is 6.92 Å². The molecule has 1 aromatic heterocycles. The van der Waals surface area contributed by atoms with Crippen molar-refractivity contribution in [1.82, 2.24) is 9.97 Å². The Morgan fingerprint density at radius 2 is 1.64 bits per heavy atom. The third-order valence-corrected chi connectivity index (χ3v) is 3.78. The summed E-state index contributed by atoms with van der Waals surface area (Å²) < 4.78 is 0. The maximum absolute atomic E-state index is 8.76. The zero-order valence-corrected chi connectivity index (χ0v) is 14.1.